The molecule has 0 spiro atoms. The smallest absolute Gasteiger partial charge is 0.256 e. The fourth-order valence-electron chi connectivity index (χ4n) is 1.99. The van der Waals surface area contributed by atoms with Gasteiger partial charge in [0.15, 0.2) is 0 Å². The quantitative estimate of drug-likeness (QED) is 0.780. The Morgan fingerprint density at radius 2 is 1.96 bits per heavy atom. The van der Waals surface area contributed by atoms with Gasteiger partial charge in [0.1, 0.15) is 11.8 Å². The minimum atomic E-state index is -0.760. The molecule has 0 aliphatic rings. The van der Waals surface area contributed by atoms with Crippen LogP contribution < -0.4 is 5.32 Å². The molecule has 0 aliphatic carbocycles. The molecule has 5 heteroatoms. The summed E-state index contributed by atoms with van der Waals surface area (Å²) >= 11 is 1.44. The molecular weight excluding hydrogens is 332 g/mol. The maximum absolute atomic E-state index is 12.3. The molecule has 4 nitrogen and oxygen atoms in total. The SMILES string of the molecule is C=Cc1cc(O)c(C(=O)NC(C#N)c2ccsc2)cc1C=C.CCC. The van der Waals surface area contributed by atoms with Crippen LogP contribution in [-0.2, 0) is 0 Å². The number of hydrogen-bond acceptors (Lipinski definition) is 4. The van der Waals surface area contributed by atoms with E-state index in [1.165, 1.54) is 29.9 Å². The van der Waals surface area contributed by atoms with Gasteiger partial charge in [0.05, 0.1) is 11.6 Å². The first-order valence-corrected chi connectivity index (χ1v) is 8.81. The molecule has 1 aromatic carbocycles. The van der Waals surface area contributed by atoms with Gasteiger partial charge >= 0.3 is 0 Å². The van der Waals surface area contributed by atoms with Crippen molar-refractivity contribution in [3.63, 3.8) is 0 Å². The maximum Gasteiger partial charge on any atom is 0.256 e. The first-order chi connectivity index (χ1) is 12.0. The van der Waals surface area contributed by atoms with Gasteiger partial charge in [-0.2, -0.15) is 16.6 Å². The molecule has 130 valence electrons. The van der Waals surface area contributed by atoms with Crippen molar-refractivity contribution in [1.82, 2.24) is 5.32 Å². The molecule has 0 aliphatic heterocycles. The number of thiophene rings is 1. The van der Waals surface area contributed by atoms with Crippen molar-refractivity contribution in [2.75, 3.05) is 0 Å². The molecule has 2 N–H and O–H groups in total. The summed E-state index contributed by atoms with van der Waals surface area (Å²) in [5, 5.41) is 25.4. The van der Waals surface area contributed by atoms with E-state index in [9.17, 15) is 15.2 Å². The number of nitriles is 1. The third kappa shape index (κ3) is 5.33. The molecule has 1 aromatic heterocycles. The Morgan fingerprint density at radius 3 is 2.44 bits per heavy atom. The van der Waals surface area contributed by atoms with E-state index in [-0.39, 0.29) is 11.3 Å². The Balaban J connectivity index is 0.000000970. The minimum Gasteiger partial charge on any atom is -0.507 e. The van der Waals surface area contributed by atoms with Crippen LogP contribution in [0.4, 0.5) is 0 Å². The van der Waals surface area contributed by atoms with Crippen LogP contribution in [0.3, 0.4) is 0 Å². The predicted molar refractivity (Wildman–Crippen MR) is 104 cm³/mol. The molecule has 0 radical (unpaired) electrons. The summed E-state index contributed by atoms with van der Waals surface area (Å²) in [6, 6.07) is 6.02. The standard InChI is InChI=1S/C17H14N2O2S.C3H8/c1-3-11-7-14(16(20)8-12(11)4-2)17(21)19-15(9-18)13-5-6-22-10-13;1-3-2/h3-8,10,15,20H,1-2H2,(H,19,21);3H2,1-2H3. The number of phenols is 1. The minimum absolute atomic E-state index is 0.0935. The Kier molecular flexibility index (Phi) is 8.17. The second-order valence-electron chi connectivity index (χ2n) is 5.21. The number of rotatable bonds is 5. The molecular formula is C20H22N2O2S. The number of amides is 1. The van der Waals surface area contributed by atoms with Gasteiger partial charge in [0, 0.05) is 0 Å². The van der Waals surface area contributed by atoms with Crippen LogP contribution in [0.5, 0.6) is 5.75 Å². The highest BCUT2D eigenvalue weighted by molar-refractivity contribution is 7.08. The van der Waals surface area contributed by atoms with Crippen molar-refractivity contribution in [2.24, 2.45) is 0 Å². The van der Waals surface area contributed by atoms with E-state index in [0.717, 1.165) is 0 Å². The first kappa shape index (κ1) is 20.2. The van der Waals surface area contributed by atoms with E-state index in [4.69, 9.17) is 0 Å². The van der Waals surface area contributed by atoms with Crippen LogP contribution in [0.1, 0.15) is 53.4 Å². The highest BCUT2D eigenvalue weighted by atomic mass is 32.1. The third-order valence-electron chi connectivity index (χ3n) is 3.17. The summed E-state index contributed by atoms with van der Waals surface area (Å²) in [5.74, 6) is -0.686. The van der Waals surface area contributed by atoms with Crippen LogP contribution in [0.25, 0.3) is 12.2 Å². The second-order valence-corrected chi connectivity index (χ2v) is 5.99. The second kappa shape index (κ2) is 10.1. The summed E-state index contributed by atoms with van der Waals surface area (Å²) in [5.41, 5.74) is 2.17. The molecule has 2 rings (SSSR count). The molecule has 1 amide bonds. The topological polar surface area (TPSA) is 73.1 Å². The van der Waals surface area contributed by atoms with Crippen LogP contribution >= 0.6 is 11.3 Å². The van der Waals surface area contributed by atoms with Crippen molar-refractivity contribution in [3.05, 3.63) is 64.4 Å². The number of carbonyl (C=O) groups is 1. The van der Waals surface area contributed by atoms with Crippen LogP contribution in [0.15, 0.2) is 42.1 Å². The highest BCUT2D eigenvalue weighted by Gasteiger charge is 2.19. The van der Waals surface area contributed by atoms with E-state index in [0.29, 0.717) is 16.7 Å². The molecule has 0 saturated heterocycles. The van der Waals surface area contributed by atoms with Gasteiger partial charge in [-0.25, -0.2) is 0 Å². The summed E-state index contributed by atoms with van der Waals surface area (Å²) in [6.07, 6.45) is 4.40. The number of benzene rings is 1. The first-order valence-electron chi connectivity index (χ1n) is 7.86. The van der Waals surface area contributed by atoms with Crippen molar-refractivity contribution < 1.29 is 9.90 Å². The Bertz CT molecular complexity index is 774. The summed E-state index contributed by atoms with van der Waals surface area (Å²) in [4.78, 5) is 12.3. The number of nitrogens with one attached hydrogen (secondary N) is 1. The Morgan fingerprint density at radius 1 is 1.36 bits per heavy atom. The Labute approximate surface area is 152 Å². The van der Waals surface area contributed by atoms with Gasteiger partial charge in [-0.3, -0.25) is 4.79 Å². The van der Waals surface area contributed by atoms with E-state index in [2.05, 4.69) is 32.3 Å². The summed E-state index contributed by atoms with van der Waals surface area (Å²) in [7, 11) is 0. The monoisotopic (exact) mass is 354 g/mol. The fourth-order valence-corrected chi connectivity index (χ4v) is 2.68. The van der Waals surface area contributed by atoms with E-state index < -0.39 is 11.9 Å². The molecule has 2 aromatic rings. The lowest BCUT2D eigenvalue weighted by atomic mass is 10.0. The van der Waals surface area contributed by atoms with Gasteiger partial charge in [0.25, 0.3) is 5.91 Å². The van der Waals surface area contributed by atoms with Gasteiger partial charge in [-0.1, -0.05) is 45.6 Å². The number of hydrogen-bond donors (Lipinski definition) is 2. The van der Waals surface area contributed by atoms with Gasteiger partial charge < -0.3 is 10.4 Å². The van der Waals surface area contributed by atoms with Crippen molar-refractivity contribution in [1.29, 1.82) is 5.26 Å². The number of phenolic OH excluding ortho intramolecular Hbond substituents is 1. The molecule has 1 heterocycles. The average Bonchev–Trinajstić information content (AvgIpc) is 3.14. The summed E-state index contributed by atoms with van der Waals surface area (Å²) < 4.78 is 0. The van der Waals surface area contributed by atoms with E-state index >= 15 is 0 Å². The van der Waals surface area contributed by atoms with Gasteiger partial charge in [0.2, 0.25) is 0 Å². The predicted octanol–water partition coefficient (Wildman–Crippen LogP) is 5.15. The lowest BCUT2D eigenvalue weighted by molar-refractivity contribution is 0.0942. The molecule has 0 saturated carbocycles. The van der Waals surface area contributed by atoms with E-state index in [1.807, 2.05) is 11.4 Å². The van der Waals surface area contributed by atoms with Crippen LogP contribution in [0, 0.1) is 11.3 Å². The molecule has 0 bridgehead atoms. The van der Waals surface area contributed by atoms with E-state index in [1.54, 1.807) is 23.6 Å². The normalized spacial score (nSPS) is 10.6. The van der Waals surface area contributed by atoms with Crippen molar-refractivity contribution in [3.8, 4) is 11.8 Å². The zero-order valence-corrected chi connectivity index (χ0v) is 15.3. The number of nitrogens with zero attached hydrogens (tertiary/aromatic N) is 1. The average molecular weight is 354 g/mol. The lowest BCUT2D eigenvalue weighted by Gasteiger charge is -2.13. The highest BCUT2D eigenvalue weighted by Crippen LogP contribution is 2.25. The fraction of sp³-hybridized carbons (Fsp3) is 0.200. The molecule has 0 fully saturated rings. The maximum atomic E-state index is 12.3. The lowest BCUT2D eigenvalue weighted by Crippen LogP contribution is -2.27. The van der Waals surface area contributed by atoms with Crippen LogP contribution in [-0.4, -0.2) is 11.0 Å². The molecule has 1 unspecified atom stereocenters. The van der Waals surface area contributed by atoms with Crippen LogP contribution in [0.2, 0.25) is 0 Å². The molecule has 25 heavy (non-hydrogen) atoms. The summed E-state index contributed by atoms with van der Waals surface area (Å²) in [6.45, 7) is 11.6. The molecule has 1 atom stereocenters. The number of carbonyl (C=O) groups excluding carboxylic acids is 1. The van der Waals surface area contributed by atoms with Crippen molar-refractivity contribution >= 4 is 29.4 Å². The third-order valence-corrected chi connectivity index (χ3v) is 3.87. The zero-order chi connectivity index (χ0) is 18.8. The largest absolute Gasteiger partial charge is 0.507 e. The van der Waals surface area contributed by atoms with Crippen molar-refractivity contribution in [2.45, 2.75) is 26.3 Å². The Hall–Kier alpha value is -2.84. The van der Waals surface area contributed by atoms with Gasteiger partial charge in [-0.15, -0.1) is 0 Å². The number of aromatic hydroxyl groups is 1. The van der Waals surface area contributed by atoms with Gasteiger partial charge in [-0.05, 0) is 45.6 Å². The zero-order valence-electron chi connectivity index (χ0n) is 14.5.